The molecule has 0 atom stereocenters. The number of halogens is 2. The van der Waals surface area contributed by atoms with E-state index in [1.807, 2.05) is 0 Å². The van der Waals surface area contributed by atoms with Gasteiger partial charge in [0.25, 0.3) is 5.91 Å². The summed E-state index contributed by atoms with van der Waals surface area (Å²) < 4.78 is 0. The molecule has 1 amide bonds. The number of nitrogens with two attached hydrogens (primary N) is 1. The highest BCUT2D eigenvalue weighted by molar-refractivity contribution is 6.36. The number of nitrogen functional groups attached to an aromatic ring is 1. The maximum absolute atomic E-state index is 11.8. The molecule has 2 rings (SSSR count). The summed E-state index contributed by atoms with van der Waals surface area (Å²) in [5.41, 5.74) is 6.87. The number of amides is 1. The Kier molecular flexibility index (Phi) is 3.26. The molecule has 0 radical (unpaired) electrons. The Hall–Kier alpha value is -1.65. The van der Waals surface area contributed by atoms with Crippen LogP contribution in [0.3, 0.4) is 0 Å². The Morgan fingerprint density at radius 1 is 1.29 bits per heavy atom. The topological polar surface area (TPSA) is 70.9 Å². The summed E-state index contributed by atoms with van der Waals surface area (Å²) >= 11 is 11.7. The molecule has 0 fully saturated rings. The number of nitrogens with one attached hydrogen (secondary N) is 2. The van der Waals surface area contributed by atoms with Gasteiger partial charge in [-0.05, 0) is 24.3 Å². The molecule has 4 N–H and O–H groups in total. The van der Waals surface area contributed by atoms with Crippen LogP contribution in [0.15, 0.2) is 30.5 Å². The fraction of sp³-hybridized carbons (Fsp3) is 0. The Bertz CT molecular complexity index is 566. The zero-order chi connectivity index (χ0) is 12.4. The Labute approximate surface area is 108 Å². The van der Waals surface area contributed by atoms with Gasteiger partial charge in [0.2, 0.25) is 0 Å². The maximum Gasteiger partial charge on any atom is 0.272 e. The van der Waals surface area contributed by atoms with Gasteiger partial charge in [0.15, 0.2) is 0 Å². The van der Waals surface area contributed by atoms with Crippen LogP contribution in [0.2, 0.25) is 10.0 Å². The standard InChI is InChI=1S/C11H9Cl2N3O/c12-6-1-2-9(8(13)3-6)16-11(17)10-4-7(14)5-15-10/h1-5,15H,14H2,(H,16,17). The van der Waals surface area contributed by atoms with E-state index in [-0.39, 0.29) is 5.91 Å². The number of aromatic amines is 1. The first-order valence-electron chi connectivity index (χ1n) is 4.76. The van der Waals surface area contributed by atoms with E-state index in [0.29, 0.717) is 27.1 Å². The summed E-state index contributed by atoms with van der Waals surface area (Å²) in [5.74, 6) is -0.314. The summed E-state index contributed by atoms with van der Waals surface area (Å²) in [7, 11) is 0. The van der Waals surface area contributed by atoms with Gasteiger partial charge >= 0.3 is 0 Å². The third-order valence-corrected chi connectivity index (χ3v) is 2.68. The lowest BCUT2D eigenvalue weighted by Gasteiger charge is -2.06. The van der Waals surface area contributed by atoms with Gasteiger partial charge in [-0.25, -0.2) is 0 Å². The van der Waals surface area contributed by atoms with Crippen molar-refractivity contribution in [1.29, 1.82) is 0 Å². The van der Waals surface area contributed by atoms with Crippen LogP contribution in [0.4, 0.5) is 11.4 Å². The Morgan fingerprint density at radius 2 is 2.06 bits per heavy atom. The SMILES string of the molecule is Nc1c[nH]c(C(=O)Nc2ccc(Cl)cc2Cl)c1. The summed E-state index contributed by atoms with van der Waals surface area (Å²) in [6.45, 7) is 0. The van der Waals surface area contributed by atoms with Crippen LogP contribution in [0.25, 0.3) is 0 Å². The second-order valence-corrected chi connectivity index (χ2v) is 4.27. The van der Waals surface area contributed by atoms with E-state index >= 15 is 0 Å². The van der Waals surface area contributed by atoms with Gasteiger partial charge < -0.3 is 16.0 Å². The minimum Gasteiger partial charge on any atom is -0.397 e. The molecule has 1 heterocycles. The average molecular weight is 270 g/mol. The predicted molar refractivity (Wildman–Crippen MR) is 69.6 cm³/mol. The van der Waals surface area contributed by atoms with Gasteiger partial charge in [0.05, 0.1) is 10.7 Å². The first-order chi connectivity index (χ1) is 8.06. The molecule has 1 aromatic carbocycles. The van der Waals surface area contributed by atoms with Crippen molar-refractivity contribution in [2.45, 2.75) is 0 Å². The van der Waals surface area contributed by atoms with Gasteiger partial charge in [-0.1, -0.05) is 23.2 Å². The van der Waals surface area contributed by atoms with Crippen molar-refractivity contribution in [2.75, 3.05) is 11.1 Å². The highest BCUT2D eigenvalue weighted by Gasteiger charge is 2.10. The van der Waals surface area contributed by atoms with Crippen LogP contribution in [0.1, 0.15) is 10.5 Å². The van der Waals surface area contributed by atoms with E-state index in [0.717, 1.165) is 0 Å². The van der Waals surface area contributed by atoms with Crippen molar-refractivity contribution >= 4 is 40.5 Å². The minimum atomic E-state index is -0.314. The van der Waals surface area contributed by atoms with E-state index in [1.165, 1.54) is 0 Å². The first-order valence-corrected chi connectivity index (χ1v) is 5.52. The highest BCUT2D eigenvalue weighted by atomic mass is 35.5. The number of H-pyrrole nitrogens is 1. The second kappa shape index (κ2) is 4.69. The van der Waals surface area contributed by atoms with Crippen LogP contribution in [0, 0.1) is 0 Å². The average Bonchev–Trinajstić information content (AvgIpc) is 2.69. The number of carbonyl (C=O) groups excluding carboxylic acids is 1. The van der Waals surface area contributed by atoms with Crippen LogP contribution >= 0.6 is 23.2 Å². The number of hydrogen-bond donors (Lipinski definition) is 3. The molecule has 0 spiro atoms. The molecule has 17 heavy (non-hydrogen) atoms. The normalized spacial score (nSPS) is 10.2. The lowest BCUT2D eigenvalue weighted by Crippen LogP contribution is -2.12. The third-order valence-electron chi connectivity index (χ3n) is 2.13. The summed E-state index contributed by atoms with van der Waals surface area (Å²) in [4.78, 5) is 14.5. The molecule has 2 aromatic rings. The quantitative estimate of drug-likeness (QED) is 0.784. The largest absolute Gasteiger partial charge is 0.397 e. The maximum atomic E-state index is 11.8. The fourth-order valence-electron chi connectivity index (χ4n) is 1.32. The molecule has 0 aliphatic heterocycles. The van der Waals surface area contributed by atoms with Crippen molar-refractivity contribution in [3.63, 3.8) is 0 Å². The lowest BCUT2D eigenvalue weighted by molar-refractivity contribution is 0.102. The molecule has 0 unspecified atom stereocenters. The predicted octanol–water partition coefficient (Wildman–Crippen LogP) is 3.16. The monoisotopic (exact) mass is 269 g/mol. The lowest BCUT2D eigenvalue weighted by atomic mass is 10.3. The molecule has 0 aliphatic carbocycles. The van der Waals surface area contributed by atoms with Gasteiger partial charge in [0.1, 0.15) is 5.69 Å². The van der Waals surface area contributed by atoms with E-state index < -0.39 is 0 Å². The van der Waals surface area contributed by atoms with Crippen molar-refractivity contribution < 1.29 is 4.79 Å². The number of benzene rings is 1. The molecule has 0 aliphatic rings. The molecule has 6 heteroatoms. The molecular weight excluding hydrogens is 261 g/mol. The molecule has 0 saturated carbocycles. The first kappa shape index (κ1) is 11.8. The van der Waals surface area contributed by atoms with Crippen molar-refractivity contribution in [2.24, 2.45) is 0 Å². The van der Waals surface area contributed by atoms with Crippen molar-refractivity contribution in [1.82, 2.24) is 4.98 Å². The van der Waals surface area contributed by atoms with E-state index in [2.05, 4.69) is 10.3 Å². The van der Waals surface area contributed by atoms with E-state index in [4.69, 9.17) is 28.9 Å². The van der Waals surface area contributed by atoms with Crippen molar-refractivity contribution in [3.05, 3.63) is 46.2 Å². The number of anilines is 2. The molecule has 4 nitrogen and oxygen atoms in total. The number of hydrogen-bond acceptors (Lipinski definition) is 2. The summed E-state index contributed by atoms with van der Waals surface area (Å²) in [6.07, 6.45) is 1.54. The molecule has 0 saturated heterocycles. The molecule has 0 bridgehead atoms. The van der Waals surface area contributed by atoms with Crippen LogP contribution in [-0.2, 0) is 0 Å². The molecular formula is C11H9Cl2N3O. The van der Waals surface area contributed by atoms with Crippen LogP contribution < -0.4 is 11.1 Å². The minimum absolute atomic E-state index is 0.314. The third kappa shape index (κ3) is 2.72. The number of aromatic nitrogens is 1. The van der Waals surface area contributed by atoms with Gasteiger partial charge in [0, 0.05) is 16.9 Å². The Balaban J connectivity index is 2.18. The van der Waals surface area contributed by atoms with E-state index in [9.17, 15) is 4.79 Å². The van der Waals surface area contributed by atoms with Gasteiger partial charge in [-0.15, -0.1) is 0 Å². The molecule has 1 aromatic heterocycles. The number of rotatable bonds is 2. The fourth-order valence-corrected chi connectivity index (χ4v) is 1.78. The van der Waals surface area contributed by atoms with E-state index in [1.54, 1.807) is 30.5 Å². The summed E-state index contributed by atoms with van der Waals surface area (Å²) in [6, 6.07) is 6.38. The zero-order valence-corrected chi connectivity index (χ0v) is 10.1. The number of carbonyl (C=O) groups is 1. The van der Waals surface area contributed by atoms with Gasteiger partial charge in [-0.2, -0.15) is 0 Å². The second-order valence-electron chi connectivity index (χ2n) is 3.42. The Morgan fingerprint density at radius 3 is 2.65 bits per heavy atom. The highest BCUT2D eigenvalue weighted by Crippen LogP contribution is 2.25. The van der Waals surface area contributed by atoms with Gasteiger partial charge in [-0.3, -0.25) is 4.79 Å². The van der Waals surface area contributed by atoms with Crippen LogP contribution in [0.5, 0.6) is 0 Å². The summed E-state index contributed by atoms with van der Waals surface area (Å²) in [5, 5.41) is 3.54. The molecule has 88 valence electrons. The smallest absolute Gasteiger partial charge is 0.272 e. The zero-order valence-electron chi connectivity index (χ0n) is 8.63. The van der Waals surface area contributed by atoms with Crippen LogP contribution in [-0.4, -0.2) is 10.9 Å². The van der Waals surface area contributed by atoms with Crippen molar-refractivity contribution in [3.8, 4) is 0 Å².